The van der Waals surface area contributed by atoms with Crippen LogP contribution in [-0.4, -0.2) is 23.7 Å². The van der Waals surface area contributed by atoms with Crippen LogP contribution < -0.4 is 5.32 Å². The van der Waals surface area contributed by atoms with Crippen LogP contribution in [-0.2, 0) is 0 Å². The molecule has 1 heterocycles. The van der Waals surface area contributed by atoms with E-state index >= 15 is 0 Å². The Bertz CT molecular complexity index is 326. The third-order valence-corrected chi connectivity index (χ3v) is 3.15. The first-order valence-electron chi connectivity index (χ1n) is 5.74. The SMILES string of the molecule is O=C(NCC1CCC(O)CC1)c1ccoc1. The molecule has 0 saturated heterocycles. The van der Waals surface area contributed by atoms with Crippen molar-refractivity contribution in [2.24, 2.45) is 5.92 Å². The van der Waals surface area contributed by atoms with Gasteiger partial charge < -0.3 is 14.8 Å². The Morgan fingerprint density at radius 1 is 1.44 bits per heavy atom. The minimum absolute atomic E-state index is 0.0835. The molecular formula is C12H17NO3. The van der Waals surface area contributed by atoms with Gasteiger partial charge in [-0.1, -0.05) is 0 Å². The summed E-state index contributed by atoms with van der Waals surface area (Å²) in [6.07, 6.45) is 6.49. The lowest BCUT2D eigenvalue weighted by molar-refractivity contribution is 0.0910. The molecule has 88 valence electrons. The second-order valence-corrected chi connectivity index (χ2v) is 4.40. The molecule has 1 fully saturated rings. The normalized spacial score (nSPS) is 25.3. The maximum absolute atomic E-state index is 11.6. The highest BCUT2D eigenvalue weighted by Crippen LogP contribution is 2.23. The second kappa shape index (κ2) is 5.16. The summed E-state index contributed by atoms with van der Waals surface area (Å²) in [5, 5.41) is 12.2. The van der Waals surface area contributed by atoms with Crippen molar-refractivity contribution < 1.29 is 14.3 Å². The molecule has 16 heavy (non-hydrogen) atoms. The van der Waals surface area contributed by atoms with Crippen molar-refractivity contribution in [2.75, 3.05) is 6.54 Å². The highest BCUT2D eigenvalue weighted by atomic mass is 16.3. The van der Waals surface area contributed by atoms with Gasteiger partial charge in [0, 0.05) is 6.54 Å². The summed E-state index contributed by atoms with van der Waals surface area (Å²) in [7, 11) is 0. The first-order chi connectivity index (χ1) is 7.75. The largest absolute Gasteiger partial charge is 0.472 e. The summed E-state index contributed by atoms with van der Waals surface area (Å²) >= 11 is 0. The van der Waals surface area contributed by atoms with Gasteiger partial charge >= 0.3 is 0 Å². The molecule has 0 aromatic carbocycles. The van der Waals surface area contributed by atoms with Gasteiger partial charge in [-0.25, -0.2) is 0 Å². The Balaban J connectivity index is 1.73. The molecule has 1 saturated carbocycles. The van der Waals surface area contributed by atoms with Gasteiger partial charge in [0.15, 0.2) is 0 Å². The maximum Gasteiger partial charge on any atom is 0.254 e. The van der Waals surface area contributed by atoms with Crippen LogP contribution in [0.3, 0.4) is 0 Å². The summed E-state index contributed by atoms with van der Waals surface area (Å²) in [6.45, 7) is 0.691. The molecule has 1 aromatic rings. The summed E-state index contributed by atoms with van der Waals surface area (Å²) in [6, 6.07) is 1.65. The van der Waals surface area contributed by atoms with Gasteiger partial charge in [-0.15, -0.1) is 0 Å². The van der Waals surface area contributed by atoms with Crippen molar-refractivity contribution in [3.8, 4) is 0 Å². The van der Waals surface area contributed by atoms with Gasteiger partial charge in [-0.05, 0) is 37.7 Å². The molecule has 1 aliphatic rings. The maximum atomic E-state index is 11.6. The van der Waals surface area contributed by atoms with Crippen LogP contribution in [0.4, 0.5) is 0 Å². The number of rotatable bonds is 3. The monoisotopic (exact) mass is 223 g/mol. The van der Waals surface area contributed by atoms with Gasteiger partial charge in [0.05, 0.1) is 17.9 Å². The number of amides is 1. The zero-order chi connectivity index (χ0) is 11.4. The Hall–Kier alpha value is -1.29. The number of furan rings is 1. The molecule has 1 aromatic heterocycles. The molecule has 1 aliphatic carbocycles. The number of hydrogen-bond acceptors (Lipinski definition) is 3. The topological polar surface area (TPSA) is 62.5 Å². The Kier molecular flexibility index (Phi) is 3.62. The highest BCUT2D eigenvalue weighted by Gasteiger charge is 2.19. The zero-order valence-electron chi connectivity index (χ0n) is 9.19. The average Bonchev–Trinajstić information content (AvgIpc) is 2.81. The lowest BCUT2D eigenvalue weighted by Crippen LogP contribution is -2.31. The molecule has 0 aliphatic heterocycles. The van der Waals surface area contributed by atoms with Gasteiger partial charge in [-0.3, -0.25) is 4.79 Å². The summed E-state index contributed by atoms with van der Waals surface area (Å²) in [4.78, 5) is 11.6. The van der Waals surface area contributed by atoms with E-state index in [9.17, 15) is 9.90 Å². The molecule has 2 rings (SSSR count). The Labute approximate surface area is 94.6 Å². The fraction of sp³-hybridized carbons (Fsp3) is 0.583. The van der Waals surface area contributed by atoms with E-state index in [1.807, 2.05) is 0 Å². The number of carbonyl (C=O) groups excluding carboxylic acids is 1. The molecule has 0 spiro atoms. The van der Waals surface area contributed by atoms with Gasteiger partial charge in [-0.2, -0.15) is 0 Å². The van der Waals surface area contributed by atoms with Crippen molar-refractivity contribution in [3.63, 3.8) is 0 Å². The molecule has 4 heteroatoms. The smallest absolute Gasteiger partial charge is 0.254 e. The molecule has 1 amide bonds. The van der Waals surface area contributed by atoms with Crippen LogP contribution in [0.15, 0.2) is 23.0 Å². The molecular weight excluding hydrogens is 206 g/mol. The zero-order valence-corrected chi connectivity index (χ0v) is 9.19. The highest BCUT2D eigenvalue weighted by molar-refractivity contribution is 5.93. The Morgan fingerprint density at radius 3 is 2.81 bits per heavy atom. The lowest BCUT2D eigenvalue weighted by Gasteiger charge is -2.25. The minimum Gasteiger partial charge on any atom is -0.472 e. The van der Waals surface area contributed by atoms with Crippen LogP contribution in [0.1, 0.15) is 36.0 Å². The first-order valence-corrected chi connectivity index (χ1v) is 5.74. The number of aliphatic hydroxyl groups excluding tert-OH is 1. The first kappa shape index (κ1) is 11.2. The van der Waals surface area contributed by atoms with Crippen molar-refractivity contribution in [2.45, 2.75) is 31.8 Å². The molecule has 2 N–H and O–H groups in total. The summed E-state index contributed by atoms with van der Waals surface area (Å²) < 4.78 is 4.85. The third-order valence-electron chi connectivity index (χ3n) is 3.15. The van der Waals surface area contributed by atoms with Gasteiger partial charge in [0.1, 0.15) is 6.26 Å². The second-order valence-electron chi connectivity index (χ2n) is 4.40. The fourth-order valence-electron chi connectivity index (χ4n) is 2.08. The van der Waals surface area contributed by atoms with E-state index in [1.54, 1.807) is 6.07 Å². The minimum atomic E-state index is -0.138. The lowest BCUT2D eigenvalue weighted by atomic mass is 9.87. The van der Waals surface area contributed by atoms with Gasteiger partial charge in [0.25, 0.3) is 5.91 Å². The van der Waals surface area contributed by atoms with Crippen molar-refractivity contribution in [1.82, 2.24) is 5.32 Å². The Morgan fingerprint density at radius 2 is 2.19 bits per heavy atom. The van der Waals surface area contributed by atoms with Crippen LogP contribution in [0, 0.1) is 5.92 Å². The number of nitrogens with one attached hydrogen (secondary N) is 1. The van der Waals surface area contributed by atoms with Crippen LogP contribution in [0.5, 0.6) is 0 Å². The van der Waals surface area contributed by atoms with E-state index in [2.05, 4.69) is 5.32 Å². The number of hydrogen-bond donors (Lipinski definition) is 2. The molecule has 0 atom stereocenters. The van der Waals surface area contributed by atoms with Gasteiger partial charge in [0.2, 0.25) is 0 Å². The molecule has 0 unspecified atom stereocenters. The quantitative estimate of drug-likeness (QED) is 0.817. The standard InChI is InChI=1S/C12H17NO3/c14-11-3-1-9(2-4-11)7-13-12(15)10-5-6-16-8-10/h5-6,8-9,11,14H,1-4,7H2,(H,13,15). The molecule has 4 nitrogen and oxygen atoms in total. The van der Waals surface area contributed by atoms with E-state index in [-0.39, 0.29) is 12.0 Å². The predicted octanol–water partition coefficient (Wildman–Crippen LogP) is 1.56. The number of carbonyl (C=O) groups is 1. The van der Waals surface area contributed by atoms with E-state index < -0.39 is 0 Å². The third kappa shape index (κ3) is 2.85. The van der Waals surface area contributed by atoms with Crippen LogP contribution >= 0.6 is 0 Å². The van der Waals surface area contributed by atoms with Crippen LogP contribution in [0.2, 0.25) is 0 Å². The van der Waals surface area contributed by atoms with E-state index in [0.29, 0.717) is 18.0 Å². The number of aliphatic hydroxyl groups is 1. The van der Waals surface area contributed by atoms with Crippen molar-refractivity contribution in [1.29, 1.82) is 0 Å². The van der Waals surface area contributed by atoms with E-state index in [4.69, 9.17) is 4.42 Å². The van der Waals surface area contributed by atoms with E-state index in [0.717, 1.165) is 25.7 Å². The summed E-state index contributed by atoms with van der Waals surface area (Å²) in [5.41, 5.74) is 0.566. The van der Waals surface area contributed by atoms with Crippen molar-refractivity contribution in [3.05, 3.63) is 24.2 Å². The average molecular weight is 223 g/mol. The fourth-order valence-corrected chi connectivity index (χ4v) is 2.08. The van der Waals surface area contributed by atoms with E-state index in [1.165, 1.54) is 12.5 Å². The molecule has 0 bridgehead atoms. The summed E-state index contributed by atoms with van der Waals surface area (Å²) in [5.74, 6) is 0.416. The predicted molar refractivity (Wildman–Crippen MR) is 59.0 cm³/mol. The van der Waals surface area contributed by atoms with Crippen LogP contribution in [0.25, 0.3) is 0 Å². The van der Waals surface area contributed by atoms with Crippen molar-refractivity contribution >= 4 is 5.91 Å². The molecule has 0 radical (unpaired) electrons.